The second kappa shape index (κ2) is 10.8. The Bertz CT molecular complexity index is 1450. The fourth-order valence-electron chi connectivity index (χ4n) is 4.73. The number of aromatic carboxylic acids is 1. The van der Waals surface area contributed by atoms with Crippen molar-refractivity contribution in [3.8, 4) is 0 Å². The van der Waals surface area contributed by atoms with Gasteiger partial charge in [0.1, 0.15) is 5.82 Å². The fraction of sp³-hybridized carbons (Fsp3) is 0.333. The monoisotopic (exact) mass is 546 g/mol. The molecule has 0 aliphatic heterocycles. The highest BCUT2D eigenvalue weighted by molar-refractivity contribution is 8.17. The van der Waals surface area contributed by atoms with Crippen LogP contribution in [-0.4, -0.2) is 32.4 Å². The van der Waals surface area contributed by atoms with Crippen molar-refractivity contribution in [2.24, 2.45) is 5.73 Å². The summed E-state index contributed by atoms with van der Waals surface area (Å²) in [5.74, 6) is -2.45. The van der Waals surface area contributed by atoms with Crippen molar-refractivity contribution in [2.45, 2.75) is 65.7 Å². The number of carbonyl (C=O) groups is 1. The normalized spacial score (nSPS) is 14.9. The molecule has 0 bridgehead atoms. The Morgan fingerprint density at radius 3 is 2.68 bits per heavy atom. The second-order valence-corrected chi connectivity index (χ2v) is 11.9. The summed E-state index contributed by atoms with van der Waals surface area (Å²) in [7, 11) is -1.59. The number of hydrogen-bond acceptors (Lipinski definition) is 3. The van der Waals surface area contributed by atoms with Crippen molar-refractivity contribution in [3.05, 3.63) is 70.6 Å². The Kier molecular flexibility index (Phi) is 7.55. The number of nitrogens with zero attached hydrogens (tertiary/aromatic N) is 2. The summed E-state index contributed by atoms with van der Waals surface area (Å²) in [6, 6.07) is 7.71. The first-order valence-corrected chi connectivity index (χ1v) is 14.2. The van der Waals surface area contributed by atoms with Crippen LogP contribution in [0.3, 0.4) is 0 Å². The van der Waals surface area contributed by atoms with Gasteiger partial charge in [-0.25, -0.2) is 13.6 Å². The van der Waals surface area contributed by atoms with Gasteiger partial charge in [0.05, 0.1) is 22.3 Å². The lowest BCUT2D eigenvalue weighted by Gasteiger charge is -2.24. The summed E-state index contributed by atoms with van der Waals surface area (Å²) >= 11 is 6.09. The first-order chi connectivity index (χ1) is 17.9. The first kappa shape index (κ1) is 25.8. The minimum Gasteiger partial charge on any atom is -0.478 e. The van der Waals surface area contributed by atoms with Crippen LogP contribution in [0.1, 0.15) is 60.5 Å². The predicted molar refractivity (Wildman–Crippen MR) is 142 cm³/mol. The molecule has 6 nitrogen and oxygen atoms in total. The molecule has 2 aromatic heterocycles. The summed E-state index contributed by atoms with van der Waals surface area (Å²) in [6.07, 6.45) is 9.52. The van der Waals surface area contributed by atoms with Crippen LogP contribution in [0.5, 0.6) is 0 Å². The summed E-state index contributed by atoms with van der Waals surface area (Å²) in [5, 5.41) is 14.8. The van der Waals surface area contributed by atoms with E-state index < -0.39 is 28.5 Å². The Labute approximate surface area is 221 Å². The molecule has 0 amide bonds. The molecule has 0 radical (unpaired) electrons. The number of H-pyrrole nitrogens is 1. The predicted octanol–water partition coefficient (Wildman–Crippen LogP) is 6.87. The topological polar surface area (TPSA) is 96.9 Å². The van der Waals surface area contributed by atoms with Gasteiger partial charge in [-0.2, -0.15) is 16.0 Å². The number of benzene rings is 2. The van der Waals surface area contributed by atoms with Gasteiger partial charge in [-0.15, -0.1) is 0 Å². The van der Waals surface area contributed by atoms with Crippen molar-refractivity contribution in [3.63, 3.8) is 0 Å². The van der Waals surface area contributed by atoms with Gasteiger partial charge in [0.15, 0.2) is 5.82 Å². The van der Waals surface area contributed by atoms with Gasteiger partial charge < -0.3 is 15.8 Å². The smallest absolute Gasteiger partial charge is 0.338 e. The van der Waals surface area contributed by atoms with E-state index in [1.807, 2.05) is 10.9 Å². The Morgan fingerprint density at radius 1 is 1.16 bits per heavy atom. The zero-order valence-corrected chi connectivity index (χ0v) is 21.8. The summed E-state index contributed by atoms with van der Waals surface area (Å²) in [4.78, 5) is 16.9. The molecule has 0 saturated heterocycles. The zero-order valence-electron chi connectivity index (χ0n) is 20.2. The quantitative estimate of drug-likeness (QED) is 0.122. The van der Waals surface area contributed by atoms with Gasteiger partial charge in [0, 0.05) is 44.4 Å². The summed E-state index contributed by atoms with van der Waals surface area (Å²) in [6.45, 7) is 1.38. The lowest BCUT2D eigenvalue weighted by atomic mass is 10.2. The lowest BCUT2D eigenvalue weighted by Crippen LogP contribution is -2.03. The van der Waals surface area contributed by atoms with Gasteiger partial charge in [-0.3, -0.25) is 4.68 Å². The third kappa shape index (κ3) is 5.12. The standard InChI is InChI=1S/C27H29ClF2N4O2S/c28-20-11-10-19-25(23(20)30)33-24(16-8-9-16)26(19)37(21-7-5-6-18(22(21)29)27(35)36)17-14-32-34(15-17)13-4-2-1-3-12-31/h5-7,10-11,14-16,33,37H,1-4,8-9,12-13,31H2,(H,35,36). The number of fused-ring (bicyclic) bond motifs is 1. The number of hydrogen-bond donors (Lipinski definition) is 4. The van der Waals surface area contributed by atoms with Crippen LogP contribution in [0.15, 0.2) is 57.4 Å². The van der Waals surface area contributed by atoms with Crippen LogP contribution in [-0.2, 0) is 6.54 Å². The van der Waals surface area contributed by atoms with Crippen LogP contribution >= 0.6 is 22.5 Å². The molecule has 1 fully saturated rings. The maximum Gasteiger partial charge on any atom is 0.338 e. The maximum absolute atomic E-state index is 15.8. The van der Waals surface area contributed by atoms with Crippen LogP contribution in [0.2, 0.25) is 5.02 Å². The first-order valence-electron chi connectivity index (χ1n) is 12.4. The van der Waals surface area contributed by atoms with E-state index >= 15 is 8.78 Å². The number of halogens is 3. The summed E-state index contributed by atoms with van der Waals surface area (Å²) < 4.78 is 32.7. The average molecular weight is 547 g/mol. The molecular formula is C27H29ClF2N4O2S. The van der Waals surface area contributed by atoms with Crippen LogP contribution < -0.4 is 5.73 Å². The van der Waals surface area contributed by atoms with Crippen molar-refractivity contribution >= 4 is 39.4 Å². The number of rotatable bonds is 11. The third-order valence-corrected chi connectivity index (χ3v) is 9.54. The van der Waals surface area contributed by atoms with E-state index in [1.54, 1.807) is 24.4 Å². The van der Waals surface area contributed by atoms with Crippen molar-refractivity contribution in [1.82, 2.24) is 14.8 Å². The number of nitrogens with one attached hydrogen (secondary N) is 1. The highest BCUT2D eigenvalue weighted by Gasteiger charge is 2.34. The molecule has 0 spiro atoms. The van der Waals surface area contributed by atoms with Crippen molar-refractivity contribution < 1.29 is 18.7 Å². The molecule has 37 heavy (non-hydrogen) atoms. The van der Waals surface area contributed by atoms with Crippen molar-refractivity contribution in [2.75, 3.05) is 6.54 Å². The largest absolute Gasteiger partial charge is 0.478 e. The molecule has 2 aromatic carbocycles. The molecule has 1 atom stereocenters. The van der Waals surface area contributed by atoms with Crippen LogP contribution in [0, 0.1) is 11.6 Å². The third-order valence-electron chi connectivity index (χ3n) is 6.74. The molecule has 4 aromatic rings. The molecule has 5 rings (SSSR count). The van der Waals surface area contributed by atoms with Gasteiger partial charge in [-0.1, -0.05) is 36.6 Å². The number of aryl methyl sites for hydroxylation is 1. The molecule has 1 aliphatic carbocycles. The molecule has 1 unspecified atom stereocenters. The number of nitrogens with two attached hydrogens (primary N) is 1. The van der Waals surface area contributed by atoms with Gasteiger partial charge in [0.25, 0.3) is 0 Å². The van der Waals surface area contributed by atoms with E-state index in [4.69, 9.17) is 17.3 Å². The number of thiol groups is 1. The van der Waals surface area contributed by atoms with Crippen LogP contribution in [0.4, 0.5) is 8.78 Å². The zero-order chi connectivity index (χ0) is 26.1. The van der Waals surface area contributed by atoms with E-state index in [0.29, 0.717) is 24.0 Å². The minimum absolute atomic E-state index is 0.00786. The van der Waals surface area contributed by atoms with Gasteiger partial charge in [-0.05, 0) is 50.4 Å². The number of aromatic nitrogens is 3. The average Bonchev–Trinajstić information content (AvgIpc) is 3.50. The molecule has 1 saturated carbocycles. The Hall–Kier alpha value is -2.88. The molecule has 10 heteroatoms. The molecular weight excluding hydrogens is 518 g/mol. The SMILES string of the molecule is NCCCCCCn1cc([SH](c2cccc(C(=O)O)c2F)c2c(C3CC3)[nH]c3c(F)c(Cl)ccc23)cn1. The van der Waals surface area contributed by atoms with E-state index in [-0.39, 0.29) is 21.4 Å². The second-order valence-electron chi connectivity index (χ2n) is 9.39. The van der Waals surface area contributed by atoms with E-state index in [2.05, 4.69) is 10.1 Å². The highest BCUT2D eigenvalue weighted by Crippen LogP contribution is 2.59. The number of aromatic amines is 1. The van der Waals surface area contributed by atoms with E-state index in [0.717, 1.165) is 54.0 Å². The number of unbranched alkanes of at least 4 members (excludes halogenated alkanes) is 3. The van der Waals surface area contributed by atoms with Crippen LogP contribution in [0.25, 0.3) is 10.9 Å². The van der Waals surface area contributed by atoms with Crippen molar-refractivity contribution in [1.29, 1.82) is 0 Å². The van der Waals surface area contributed by atoms with Gasteiger partial charge in [0.2, 0.25) is 0 Å². The minimum atomic E-state index is -1.59. The molecule has 1 aliphatic rings. The fourth-order valence-corrected chi connectivity index (χ4v) is 7.54. The molecule has 196 valence electrons. The molecule has 4 N–H and O–H groups in total. The number of carboxylic acid groups (broad SMARTS) is 1. The lowest BCUT2D eigenvalue weighted by molar-refractivity contribution is 0.0691. The molecule has 2 heterocycles. The highest BCUT2D eigenvalue weighted by atomic mass is 35.5. The Balaban J connectivity index is 1.65. The summed E-state index contributed by atoms with van der Waals surface area (Å²) in [5.41, 5.74) is 6.34. The number of carboxylic acids is 1. The van der Waals surface area contributed by atoms with Gasteiger partial charge >= 0.3 is 5.97 Å². The van der Waals surface area contributed by atoms with E-state index in [1.165, 1.54) is 12.1 Å². The maximum atomic E-state index is 15.8. The Morgan fingerprint density at radius 2 is 1.95 bits per heavy atom. The van der Waals surface area contributed by atoms with E-state index in [9.17, 15) is 9.90 Å².